The van der Waals surface area contributed by atoms with Crippen molar-refractivity contribution in [3.63, 3.8) is 0 Å². The molecule has 0 amide bonds. The highest BCUT2D eigenvalue weighted by Crippen LogP contribution is 2.00. The molecule has 2 N–H and O–H groups in total. The number of anilines is 1. The molecule has 0 aliphatic rings. The van der Waals surface area contributed by atoms with Crippen LogP contribution in [0.1, 0.15) is 0 Å². The first-order chi connectivity index (χ1) is 6.26. The molecule has 1 aromatic rings. The number of rotatable bonds is 5. The molecule has 13 heavy (non-hydrogen) atoms. The average molecular weight is 185 g/mol. The summed E-state index contributed by atoms with van der Waals surface area (Å²) >= 11 is 0. The van der Waals surface area contributed by atoms with Gasteiger partial charge in [-0.25, -0.2) is 0 Å². The molecule has 0 aromatic carbocycles. The fourth-order valence-electron chi connectivity index (χ4n) is 1.07. The van der Waals surface area contributed by atoms with Crippen LogP contribution in [0.4, 0.5) is 5.82 Å². The van der Waals surface area contributed by atoms with Gasteiger partial charge in [0.2, 0.25) is 0 Å². The third-order valence-corrected chi connectivity index (χ3v) is 1.74. The summed E-state index contributed by atoms with van der Waals surface area (Å²) in [4.78, 5) is 0. The highest BCUT2D eigenvalue weighted by atomic mass is 16.5. The van der Waals surface area contributed by atoms with Crippen molar-refractivity contribution in [3.05, 3.63) is 12.3 Å². The van der Waals surface area contributed by atoms with Gasteiger partial charge in [-0.3, -0.25) is 4.68 Å². The molecule has 0 saturated carbocycles. The highest BCUT2D eigenvalue weighted by molar-refractivity contribution is 5.23. The van der Waals surface area contributed by atoms with E-state index in [1.165, 1.54) is 0 Å². The van der Waals surface area contributed by atoms with E-state index < -0.39 is 0 Å². The maximum absolute atomic E-state index is 5.47. The molecule has 0 radical (unpaired) electrons. The second-order valence-corrected chi connectivity index (χ2v) is 2.78. The van der Waals surface area contributed by atoms with E-state index in [0.29, 0.717) is 19.0 Å². The molecule has 0 bridgehead atoms. The number of hydrogen-bond acceptors (Lipinski definition) is 4. The maximum atomic E-state index is 5.47. The Morgan fingerprint density at radius 3 is 2.85 bits per heavy atom. The number of aromatic nitrogens is 2. The second kappa shape index (κ2) is 4.84. The van der Waals surface area contributed by atoms with Crippen LogP contribution in [0.25, 0.3) is 0 Å². The van der Waals surface area contributed by atoms with Gasteiger partial charge in [0.25, 0.3) is 0 Å². The van der Waals surface area contributed by atoms with Gasteiger partial charge in [-0.2, -0.15) is 5.10 Å². The minimum atomic E-state index is 0.0179. The van der Waals surface area contributed by atoms with Gasteiger partial charge in [0.05, 0.1) is 19.3 Å². The smallest absolute Gasteiger partial charge is 0.145 e. The van der Waals surface area contributed by atoms with Gasteiger partial charge in [-0.1, -0.05) is 0 Å². The second-order valence-electron chi connectivity index (χ2n) is 2.78. The fourth-order valence-corrected chi connectivity index (χ4v) is 1.07. The number of hydrogen-bond donors (Lipinski definition) is 1. The highest BCUT2D eigenvalue weighted by Gasteiger charge is 2.07. The lowest BCUT2D eigenvalue weighted by molar-refractivity contribution is 0.0164. The summed E-state index contributed by atoms with van der Waals surface area (Å²) in [5.74, 6) is 0.521. The van der Waals surface area contributed by atoms with Gasteiger partial charge in [-0.05, 0) is 6.07 Å². The van der Waals surface area contributed by atoms with E-state index in [1.54, 1.807) is 25.0 Å². The van der Waals surface area contributed by atoms with Crippen molar-refractivity contribution in [1.82, 2.24) is 9.78 Å². The van der Waals surface area contributed by atoms with Crippen molar-refractivity contribution in [2.24, 2.45) is 0 Å². The van der Waals surface area contributed by atoms with Gasteiger partial charge < -0.3 is 15.2 Å². The molecular formula is C8H15N3O2. The molecule has 1 atom stereocenters. The first-order valence-corrected chi connectivity index (χ1v) is 4.07. The third kappa shape index (κ3) is 3.04. The largest absolute Gasteiger partial charge is 0.382 e. The molecule has 1 aromatic heterocycles. The van der Waals surface area contributed by atoms with Crippen LogP contribution in [0.15, 0.2) is 12.3 Å². The molecule has 0 aliphatic carbocycles. The lowest BCUT2D eigenvalue weighted by atomic mass is 10.4. The number of methoxy groups -OCH3 is 2. The molecule has 0 fully saturated rings. The minimum Gasteiger partial charge on any atom is -0.382 e. The molecule has 1 heterocycles. The van der Waals surface area contributed by atoms with Crippen molar-refractivity contribution >= 4 is 5.82 Å². The molecule has 0 saturated heterocycles. The zero-order valence-electron chi connectivity index (χ0n) is 7.93. The van der Waals surface area contributed by atoms with E-state index in [-0.39, 0.29) is 6.10 Å². The molecule has 74 valence electrons. The van der Waals surface area contributed by atoms with Gasteiger partial charge in [-0.15, -0.1) is 0 Å². The standard InChI is InChI=1S/C8H15N3O2/c1-12-6-7(13-2)5-11-4-3-8(9)10-11/h3-4,7H,5-6H2,1-2H3,(H2,9,10). The Morgan fingerprint density at radius 2 is 2.38 bits per heavy atom. The summed E-state index contributed by atoms with van der Waals surface area (Å²) in [6, 6.07) is 1.75. The average Bonchev–Trinajstić information content (AvgIpc) is 2.50. The van der Waals surface area contributed by atoms with E-state index in [9.17, 15) is 0 Å². The Bertz CT molecular complexity index is 249. The first kappa shape index (κ1) is 10.0. The van der Waals surface area contributed by atoms with Gasteiger partial charge >= 0.3 is 0 Å². The van der Waals surface area contributed by atoms with Crippen LogP contribution < -0.4 is 5.73 Å². The summed E-state index contributed by atoms with van der Waals surface area (Å²) in [6.07, 6.45) is 1.83. The van der Waals surface area contributed by atoms with Gasteiger partial charge in [0, 0.05) is 20.4 Å². The van der Waals surface area contributed by atoms with Crippen LogP contribution in [-0.2, 0) is 16.0 Å². The Labute approximate surface area is 77.4 Å². The molecule has 1 rings (SSSR count). The molecular weight excluding hydrogens is 170 g/mol. The number of ether oxygens (including phenoxy) is 2. The fraction of sp³-hybridized carbons (Fsp3) is 0.625. The van der Waals surface area contributed by atoms with Crippen LogP contribution >= 0.6 is 0 Å². The first-order valence-electron chi connectivity index (χ1n) is 4.07. The van der Waals surface area contributed by atoms with Crippen molar-refractivity contribution in [3.8, 4) is 0 Å². The number of nitrogens with zero attached hydrogens (tertiary/aromatic N) is 2. The van der Waals surface area contributed by atoms with Crippen LogP contribution in [0.3, 0.4) is 0 Å². The minimum absolute atomic E-state index is 0.0179. The van der Waals surface area contributed by atoms with E-state index in [0.717, 1.165) is 0 Å². The summed E-state index contributed by atoms with van der Waals surface area (Å²) in [5.41, 5.74) is 5.47. The summed E-state index contributed by atoms with van der Waals surface area (Å²) in [5, 5.41) is 4.04. The third-order valence-electron chi connectivity index (χ3n) is 1.74. The van der Waals surface area contributed by atoms with Crippen molar-refractivity contribution in [2.45, 2.75) is 12.6 Å². The van der Waals surface area contributed by atoms with Crippen molar-refractivity contribution in [2.75, 3.05) is 26.6 Å². The van der Waals surface area contributed by atoms with Crippen molar-refractivity contribution < 1.29 is 9.47 Å². The van der Waals surface area contributed by atoms with E-state index in [1.807, 2.05) is 6.20 Å². The van der Waals surface area contributed by atoms with E-state index in [4.69, 9.17) is 15.2 Å². The van der Waals surface area contributed by atoms with Crippen LogP contribution in [0.5, 0.6) is 0 Å². The molecule has 0 spiro atoms. The van der Waals surface area contributed by atoms with Crippen LogP contribution in [-0.4, -0.2) is 36.7 Å². The lowest BCUT2D eigenvalue weighted by Crippen LogP contribution is -2.24. The summed E-state index contributed by atoms with van der Waals surface area (Å²) in [6.45, 7) is 1.21. The topological polar surface area (TPSA) is 62.3 Å². The quantitative estimate of drug-likeness (QED) is 0.708. The molecule has 5 heteroatoms. The Morgan fingerprint density at radius 1 is 1.62 bits per heavy atom. The SMILES string of the molecule is COCC(Cn1ccc(N)n1)OC. The summed E-state index contributed by atoms with van der Waals surface area (Å²) in [7, 11) is 3.29. The van der Waals surface area contributed by atoms with Gasteiger partial charge in [0.15, 0.2) is 0 Å². The predicted octanol–water partition coefficient (Wildman–Crippen LogP) is 0.127. The molecule has 1 unspecified atom stereocenters. The van der Waals surface area contributed by atoms with Crippen LogP contribution in [0.2, 0.25) is 0 Å². The Hall–Kier alpha value is -1.07. The monoisotopic (exact) mass is 185 g/mol. The Kier molecular flexibility index (Phi) is 3.72. The normalized spacial score (nSPS) is 13.1. The Balaban J connectivity index is 2.46. The molecule has 0 aliphatic heterocycles. The number of nitrogen functional groups attached to an aromatic ring is 1. The summed E-state index contributed by atoms with van der Waals surface area (Å²) < 4.78 is 11.9. The van der Waals surface area contributed by atoms with Crippen molar-refractivity contribution in [1.29, 1.82) is 0 Å². The zero-order valence-corrected chi connectivity index (χ0v) is 7.93. The zero-order chi connectivity index (χ0) is 9.68. The van der Waals surface area contributed by atoms with Crippen LogP contribution in [0, 0.1) is 0 Å². The van der Waals surface area contributed by atoms with Gasteiger partial charge in [0.1, 0.15) is 5.82 Å². The lowest BCUT2D eigenvalue weighted by Gasteiger charge is -2.13. The maximum Gasteiger partial charge on any atom is 0.145 e. The van der Waals surface area contributed by atoms with E-state index >= 15 is 0 Å². The number of nitrogens with two attached hydrogens (primary N) is 1. The van der Waals surface area contributed by atoms with E-state index in [2.05, 4.69) is 5.10 Å². The molecule has 5 nitrogen and oxygen atoms in total. The predicted molar refractivity (Wildman–Crippen MR) is 49.3 cm³/mol.